The third kappa shape index (κ3) is 1.30. The van der Waals surface area contributed by atoms with Crippen LogP contribution in [0.4, 0.5) is 0 Å². The average Bonchev–Trinajstić information content (AvgIpc) is 3.12. The molecule has 0 N–H and O–H groups in total. The van der Waals surface area contributed by atoms with E-state index >= 15 is 0 Å². The van der Waals surface area contributed by atoms with Gasteiger partial charge in [0.05, 0.1) is 0 Å². The Bertz CT molecular complexity index is 338. The van der Waals surface area contributed by atoms with Crippen molar-refractivity contribution in [1.29, 1.82) is 0 Å². The monoisotopic (exact) mass is 184 g/mol. The lowest BCUT2D eigenvalue weighted by Gasteiger charge is -1.98. The molecule has 0 aliphatic heterocycles. The minimum absolute atomic E-state index is 0.841. The zero-order valence-corrected chi connectivity index (χ0v) is 8.39. The predicted octanol–water partition coefficient (Wildman–Crippen LogP) is 3.61. The van der Waals surface area contributed by atoms with Gasteiger partial charge in [-0.25, -0.2) is 0 Å². The fourth-order valence-electron chi connectivity index (χ4n) is 2.77. The van der Waals surface area contributed by atoms with Gasteiger partial charge in [0.25, 0.3) is 0 Å². The summed E-state index contributed by atoms with van der Waals surface area (Å²) in [5.74, 6) is 3.65. The first-order valence-electron chi connectivity index (χ1n) is 5.57. The van der Waals surface area contributed by atoms with E-state index < -0.39 is 0 Å². The van der Waals surface area contributed by atoms with Crippen molar-refractivity contribution < 1.29 is 0 Å². The summed E-state index contributed by atoms with van der Waals surface area (Å²) in [5.41, 5.74) is 1.55. The van der Waals surface area contributed by atoms with Crippen LogP contribution in [-0.2, 0) is 0 Å². The first-order valence-corrected chi connectivity index (χ1v) is 5.57. The van der Waals surface area contributed by atoms with Gasteiger partial charge in [-0.1, -0.05) is 36.4 Å². The smallest absolute Gasteiger partial charge is 0.0128 e. The highest BCUT2D eigenvalue weighted by Gasteiger charge is 2.52. The van der Waals surface area contributed by atoms with Crippen molar-refractivity contribution in [1.82, 2.24) is 0 Å². The summed E-state index contributed by atoms with van der Waals surface area (Å²) in [6, 6.07) is 11.0. The average molecular weight is 184 g/mol. The predicted molar refractivity (Wildman–Crippen MR) is 59.1 cm³/mol. The Hall–Kier alpha value is -1.04. The maximum absolute atomic E-state index is 3.88. The number of hydrogen-bond acceptors (Lipinski definition) is 0. The Morgan fingerprint density at radius 3 is 2.50 bits per heavy atom. The van der Waals surface area contributed by atoms with E-state index in [4.69, 9.17) is 0 Å². The molecule has 3 rings (SSSR count). The molecule has 0 saturated heterocycles. The lowest BCUT2D eigenvalue weighted by Crippen LogP contribution is -1.86. The van der Waals surface area contributed by atoms with Crippen LogP contribution in [-0.4, -0.2) is 0 Å². The van der Waals surface area contributed by atoms with Gasteiger partial charge in [0.15, 0.2) is 0 Å². The summed E-state index contributed by atoms with van der Waals surface area (Å²) in [6.45, 7) is 3.88. The van der Waals surface area contributed by atoms with Crippen LogP contribution in [0.5, 0.6) is 0 Å². The molecule has 0 bridgehead atoms. The highest BCUT2D eigenvalue weighted by atomic mass is 14.6. The van der Waals surface area contributed by atoms with Gasteiger partial charge in [0.1, 0.15) is 0 Å². The number of benzene rings is 1. The zero-order valence-electron chi connectivity index (χ0n) is 8.39. The van der Waals surface area contributed by atoms with Crippen LogP contribution in [0.1, 0.15) is 24.3 Å². The van der Waals surface area contributed by atoms with Crippen molar-refractivity contribution in [2.24, 2.45) is 17.8 Å². The Labute approximate surface area is 85.6 Å². The lowest BCUT2D eigenvalue weighted by molar-refractivity contribution is 0.659. The molecule has 14 heavy (non-hydrogen) atoms. The van der Waals surface area contributed by atoms with E-state index in [1.807, 2.05) is 0 Å². The molecule has 2 aliphatic rings. The van der Waals surface area contributed by atoms with Crippen LogP contribution in [0.25, 0.3) is 0 Å². The normalized spacial score (nSPS) is 39.1. The van der Waals surface area contributed by atoms with Crippen LogP contribution >= 0.6 is 0 Å². The van der Waals surface area contributed by atoms with Crippen LogP contribution in [0.3, 0.4) is 0 Å². The fraction of sp³-hybridized carbons (Fsp3) is 0.429. The van der Waals surface area contributed by atoms with Gasteiger partial charge in [-0.15, -0.1) is 6.58 Å². The summed E-state index contributed by atoms with van der Waals surface area (Å²) in [7, 11) is 0. The maximum Gasteiger partial charge on any atom is -0.0128 e. The van der Waals surface area contributed by atoms with E-state index in [9.17, 15) is 0 Å². The molecule has 0 heterocycles. The highest BCUT2D eigenvalue weighted by molar-refractivity contribution is 5.27. The van der Waals surface area contributed by atoms with Crippen molar-refractivity contribution in [3.05, 3.63) is 48.6 Å². The molecule has 72 valence electrons. The molecule has 4 atom stereocenters. The van der Waals surface area contributed by atoms with E-state index in [1.165, 1.54) is 12.8 Å². The fourth-order valence-corrected chi connectivity index (χ4v) is 2.77. The topological polar surface area (TPSA) is 0 Å². The van der Waals surface area contributed by atoms with Crippen LogP contribution < -0.4 is 0 Å². The summed E-state index contributed by atoms with van der Waals surface area (Å²) < 4.78 is 0. The number of rotatable bonds is 3. The van der Waals surface area contributed by atoms with Gasteiger partial charge in [-0.05, 0) is 42.1 Å². The van der Waals surface area contributed by atoms with Crippen molar-refractivity contribution in [2.45, 2.75) is 18.8 Å². The molecule has 0 spiro atoms. The molecule has 0 heteroatoms. The second-order valence-electron chi connectivity index (χ2n) is 4.72. The largest absolute Gasteiger partial charge is 0.103 e. The third-order valence-corrected chi connectivity index (χ3v) is 3.81. The second-order valence-corrected chi connectivity index (χ2v) is 4.72. The van der Waals surface area contributed by atoms with Gasteiger partial charge >= 0.3 is 0 Å². The van der Waals surface area contributed by atoms with E-state index in [-0.39, 0.29) is 0 Å². The van der Waals surface area contributed by atoms with Crippen molar-refractivity contribution in [2.75, 3.05) is 0 Å². The standard InChI is InChI=1S/C14H16/c1-2-10-8-12(10)14-9-13(14)11-6-4-3-5-7-11/h2-7,10,12-14H,1,8-9H2. The van der Waals surface area contributed by atoms with E-state index in [0.717, 1.165) is 23.7 Å². The molecule has 1 aromatic rings. The molecular formula is C14H16. The first-order chi connectivity index (χ1) is 6.90. The van der Waals surface area contributed by atoms with E-state index in [1.54, 1.807) is 5.56 Å². The summed E-state index contributed by atoms with van der Waals surface area (Å²) >= 11 is 0. The highest BCUT2D eigenvalue weighted by Crippen LogP contribution is 2.62. The van der Waals surface area contributed by atoms with E-state index in [0.29, 0.717) is 0 Å². The van der Waals surface area contributed by atoms with Crippen LogP contribution in [0.2, 0.25) is 0 Å². The third-order valence-electron chi connectivity index (χ3n) is 3.81. The molecule has 0 amide bonds. The molecule has 4 unspecified atom stereocenters. The first kappa shape index (κ1) is 8.28. The zero-order chi connectivity index (χ0) is 9.54. The van der Waals surface area contributed by atoms with E-state index in [2.05, 4.69) is 43.0 Å². The van der Waals surface area contributed by atoms with Crippen LogP contribution in [0, 0.1) is 17.8 Å². The Morgan fingerprint density at radius 2 is 1.86 bits per heavy atom. The molecule has 0 aromatic heterocycles. The van der Waals surface area contributed by atoms with Gasteiger partial charge in [-0.3, -0.25) is 0 Å². The quantitative estimate of drug-likeness (QED) is 0.629. The Morgan fingerprint density at radius 1 is 1.07 bits per heavy atom. The molecule has 0 nitrogen and oxygen atoms in total. The summed E-state index contributed by atoms with van der Waals surface area (Å²) in [6.07, 6.45) is 4.96. The Balaban J connectivity index is 1.67. The van der Waals surface area contributed by atoms with Crippen molar-refractivity contribution in [3.63, 3.8) is 0 Å². The summed E-state index contributed by atoms with van der Waals surface area (Å²) in [5, 5.41) is 0. The molecule has 0 radical (unpaired) electrons. The molecule has 2 aliphatic carbocycles. The minimum atomic E-state index is 0.841. The minimum Gasteiger partial charge on any atom is -0.103 e. The van der Waals surface area contributed by atoms with Gasteiger partial charge < -0.3 is 0 Å². The second kappa shape index (κ2) is 2.98. The molecule has 2 saturated carbocycles. The maximum atomic E-state index is 3.88. The van der Waals surface area contributed by atoms with Crippen molar-refractivity contribution >= 4 is 0 Å². The van der Waals surface area contributed by atoms with Crippen molar-refractivity contribution in [3.8, 4) is 0 Å². The lowest BCUT2D eigenvalue weighted by atomic mass is 10.1. The number of allylic oxidation sites excluding steroid dienone is 1. The molecule has 2 fully saturated rings. The van der Waals surface area contributed by atoms with Gasteiger partial charge in [0.2, 0.25) is 0 Å². The molecule has 1 aromatic carbocycles. The Kier molecular flexibility index (Phi) is 1.76. The van der Waals surface area contributed by atoms with Gasteiger partial charge in [-0.2, -0.15) is 0 Å². The molecular weight excluding hydrogens is 168 g/mol. The SMILES string of the molecule is C=CC1CC1C1CC1c1ccccc1. The van der Waals surface area contributed by atoms with Gasteiger partial charge in [0, 0.05) is 0 Å². The van der Waals surface area contributed by atoms with Crippen LogP contribution in [0.15, 0.2) is 43.0 Å². The number of hydrogen-bond donors (Lipinski definition) is 0. The summed E-state index contributed by atoms with van der Waals surface area (Å²) in [4.78, 5) is 0.